The largest absolute Gasteiger partial charge is 0.426 e. The lowest BCUT2D eigenvalue weighted by Crippen LogP contribution is -2.25. The summed E-state index contributed by atoms with van der Waals surface area (Å²) in [5.74, 6) is 0.893. The first-order valence-electron chi connectivity index (χ1n) is 7.90. The third-order valence-corrected chi connectivity index (χ3v) is 4.34. The summed E-state index contributed by atoms with van der Waals surface area (Å²) in [5.41, 5.74) is 2.55. The highest BCUT2D eigenvalue weighted by Gasteiger charge is 2.30. The zero-order chi connectivity index (χ0) is 16.7. The van der Waals surface area contributed by atoms with Gasteiger partial charge in [0.2, 0.25) is 5.91 Å². The molecular formula is C19H16N2O3. The van der Waals surface area contributed by atoms with Crippen LogP contribution in [0.1, 0.15) is 35.4 Å². The highest BCUT2D eigenvalue weighted by atomic mass is 16.5. The molecule has 0 bridgehead atoms. The SMILES string of the molecule is CC(=O)Oc1ccccc1[C@H]1CC(=O)n2c(nc3ccccc32)C1. The number of nitrogens with zero attached hydrogens (tertiary/aromatic N) is 2. The minimum Gasteiger partial charge on any atom is -0.426 e. The number of benzene rings is 2. The molecule has 0 spiro atoms. The van der Waals surface area contributed by atoms with Crippen LogP contribution < -0.4 is 4.74 Å². The van der Waals surface area contributed by atoms with Gasteiger partial charge in [-0.3, -0.25) is 14.2 Å². The van der Waals surface area contributed by atoms with Gasteiger partial charge in [-0.1, -0.05) is 30.3 Å². The summed E-state index contributed by atoms with van der Waals surface area (Å²) >= 11 is 0. The van der Waals surface area contributed by atoms with Gasteiger partial charge in [-0.2, -0.15) is 0 Å². The summed E-state index contributed by atoms with van der Waals surface area (Å²) in [4.78, 5) is 28.6. The molecular weight excluding hydrogens is 304 g/mol. The van der Waals surface area contributed by atoms with Gasteiger partial charge >= 0.3 is 5.97 Å². The van der Waals surface area contributed by atoms with Crippen LogP contribution >= 0.6 is 0 Å². The van der Waals surface area contributed by atoms with E-state index in [0.717, 1.165) is 22.4 Å². The van der Waals surface area contributed by atoms with Gasteiger partial charge in [0.05, 0.1) is 11.0 Å². The summed E-state index contributed by atoms with van der Waals surface area (Å²) in [5, 5.41) is 0. The first-order chi connectivity index (χ1) is 11.6. The van der Waals surface area contributed by atoms with E-state index in [-0.39, 0.29) is 17.8 Å². The van der Waals surface area contributed by atoms with E-state index in [2.05, 4.69) is 4.98 Å². The highest BCUT2D eigenvalue weighted by Crippen LogP contribution is 2.36. The van der Waals surface area contributed by atoms with E-state index in [1.54, 1.807) is 10.6 Å². The second-order valence-corrected chi connectivity index (χ2v) is 5.98. The number of fused-ring (bicyclic) bond motifs is 3. The van der Waals surface area contributed by atoms with Crippen LogP contribution in [0.5, 0.6) is 5.75 Å². The molecule has 2 heterocycles. The van der Waals surface area contributed by atoms with Gasteiger partial charge in [-0.25, -0.2) is 4.98 Å². The van der Waals surface area contributed by atoms with Crippen LogP contribution in [0.2, 0.25) is 0 Å². The van der Waals surface area contributed by atoms with Gasteiger partial charge in [0.15, 0.2) is 0 Å². The summed E-state index contributed by atoms with van der Waals surface area (Å²) in [7, 11) is 0. The monoisotopic (exact) mass is 320 g/mol. The zero-order valence-electron chi connectivity index (χ0n) is 13.2. The van der Waals surface area contributed by atoms with Crippen molar-refractivity contribution in [3.63, 3.8) is 0 Å². The molecule has 0 fully saturated rings. The van der Waals surface area contributed by atoms with Crippen molar-refractivity contribution in [1.29, 1.82) is 0 Å². The minimum absolute atomic E-state index is 0.0209. The lowest BCUT2D eigenvalue weighted by atomic mass is 9.89. The Labute approximate surface area is 138 Å². The molecule has 3 aromatic rings. The van der Waals surface area contributed by atoms with Gasteiger partial charge in [-0.15, -0.1) is 0 Å². The summed E-state index contributed by atoms with van der Waals surface area (Å²) < 4.78 is 7.01. The maximum atomic E-state index is 12.7. The van der Waals surface area contributed by atoms with E-state index in [9.17, 15) is 9.59 Å². The van der Waals surface area contributed by atoms with Crippen molar-refractivity contribution in [2.75, 3.05) is 0 Å². The lowest BCUT2D eigenvalue weighted by molar-refractivity contribution is -0.131. The molecule has 5 nitrogen and oxygen atoms in total. The second-order valence-electron chi connectivity index (χ2n) is 5.98. The first kappa shape index (κ1) is 14.6. The normalized spacial score (nSPS) is 16.9. The van der Waals surface area contributed by atoms with Crippen molar-refractivity contribution >= 4 is 22.9 Å². The second kappa shape index (κ2) is 5.60. The number of carbonyl (C=O) groups is 2. The summed E-state index contributed by atoms with van der Waals surface area (Å²) in [6.45, 7) is 1.38. The van der Waals surface area contributed by atoms with Crippen LogP contribution in [0.4, 0.5) is 0 Å². The van der Waals surface area contributed by atoms with Gasteiger partial charge < -0.3 is 4.74 Å². The van der Waals surface area contributed by atoms with Crippen LogP contribution in [0, 0.1) is 0 Å². The van der Waals surface area contributed by atoms with Gasteiger partial charge in [0.25, 0.3) is 0 Å². The molecule has 1 aliphatic rings. The number of aromatic nitrogens is 2. The Morgan fingerprint density at radius 1 is 1.12 bits per heavy atom. The molecule has 0 saturated heterocycles. The fourth-order valence-corrected chi connectivity index (χ4v) is 3.37. The number of hydrogen-bond acceptors (Lipinski definition) is 4. The van der Waals surface area contributed by atoms with Crippen LogP contribution in [-0.2, 0) is 11.2 Å². The number of rotatable bonds is 2. The molecule has 0 saturated carbocycles. The smallest absolute Gasteiger partial charge is 0.308 e. The number of imidazole rings is 1. The molecule has 4 rings (SSSR count). The maximum Gasteiger partial charge on any atom is 0.308 e. The van der Waals surface area contributed by atoms with Crippen molar-refractivity contribution in [1.82, 2.24) is 9.55 Å². The molecule has 120 valence electrons. The molecule has 1 aromatic heterocycles. The molecule has 0 amide bonds. The Kier molecular flexibility index (Phi) is 3.41. The quantitative estimate of drug-likeness (QED) is 0.537. The van der Waals surface area contributed by atoms with E-state index in [4.69, 9.17) is 4.74 Å². The topological polar surface area (TPSA) is 61.2 Å². The summed E-state index contributed by atoms with van der Waals surface area (Å²) in [6, 6.07) is 15.0. The number of para-hydroxylation sites is 3. The minimum atomic E-state index is -0.364. The molecule has 2 aromatic carbocycles. The average molecular weight is 320 g/mol. The molecule has 0 unspecified atom stereocenters. The van der Waals surface area contributed by atoms with Gasteiger partial charge in [-0.05, 0) is 23.8 Å². The first-order valence-corrected chi connectivity index (χ1v) is 7.90. The summed E-state index contributed by atoms with van der Waals surface area (Å²) in [6.07, 6.45) is 1.00. The molecule has 0 aliphatic carbocycles. The molecule has 1 atom stereocenters. The predicted octanol–water partition coefficient (Wildman–Crippen LogP) is 3.33. The third kappa shape index (κ3) is 2.38. The van der Waals surface area contributed by atoms with E-state index < -0.39 is 0 Å². The average Bonchev–Trinajstić information content (AvgIpc) is 2.93. The van der Waals surface area contributed by atoms with Crippen molar-refractivity contribution < 1.29 is 14.3 Å². The number of hydrogen-bond donors (Lipinski definition) is 0. The fraction of sp³-hybridized carbons (Fsp3) is 0.211. The van der Waals surface area contributed by atoms with Crippen molar-refractivity contribution in [3.8, 4) is 5.75 Å². The van der Waals surface area contributed by atoms with Crippen LogP contribution in [0.15, 0.2) is 48.5 Å². The van der Waals surface area contributed by atoms with E-state index in [1.807, 2.05) is 42.5 Å². The highest BCUT2D eigenvalue weighted by molar-refractivity contribution is 5.92. The van der Waals surface area contributed by atoms with E-state index in [0.29, 0.717) is 18.6 Å². The van der Waals surface area contributed by atoms with Gasteiger partial charge in [0, 0.05) is 25.7 Å². The molecule has 0 N–H and O–H groups in total. The molecule has 0 radical (unpaired) electrons. The fourth-order valence-electron chi connectivity index (χ4n) is 3.37. The maximum absolute atomic E-state index is 12.7. The van der Waals surface area contributed by atoms with Gasteiger partial charge in [0.1, 0.15) is 11.6 Å². The predicted molar refractivity (Wildman–Crippen MR) is 89.2 cm³/mol. The Balaban J connectivity index is 1.76. The number of carbonyl (C=O) groups excluding carboxylic acids is 2. The van der Waals surface area contributed by atoms with Crippen LogP contribution in [0.3, 0.4) is 0 Å². The van der Waals surface area contributed by atoms with E-state index in [1.165, 1.54) is 6.92 Å². The number of ether oxygens (including phenoxy) is 1. The Morgan fingerprint density at radius 2 is 1.88 bits per heavy atom. The zero-order valence-corrected chi connectivity index (χ0v) is 13.2. The molecule has 5 heteroatoms. The third-order valence-electron chi connectivity index (χ3n) is 4.34. The molecule has 24 heavy (non-hydrogen) atoms. The van der Waals surface area contributed by atoms with Crippen LogP contribution in [0.25, 0.3) is 11.0 Å². The lowest BCUT2D eigenvalue weighted by Gasteiger charge is -2.24. The Bertz CT molecular complexity index is 958. The van der Waals surface area contributed by atoms with Crippen molar-refractivity contribution in [2.24, 2.45) is 0 Å². The van der Waals surface area contributed by atoms with E-state index >= 15 is 0 Å². The number of esters is 1. The Morgan fingerprint density at radius 3 is 2.71 bits per heavy atom. The Hall–Kier alpha value is -2.95. The standard InChI is InChI=1S/C19H16N2O3/c1-12(22)24-17-9-5-2-6-14(17)13-10-18-20-15-7-3-4-8-16(15)21(18)19(23)11-13/h2-9,13H,10-11H2,1H3/t13-/m1/s1. The van der Waals surface area contributed by atoms with Crippen molar-refractivity contribution in [3.05, 3.63) is 59.9 Å². The van der Waals surface area contributed by atoms with Crippen LogP contribution in [-0.4, -0.2) is 21.4 Å². The van der Waals surface area contributed by atoms with Crippen molar-refractivity contribution in [2.45, 2.75) is 25.7 Å². The molecule has 1 aliphatic heterocycles.